The minimum Gasteiger partial charge on any atom is -0.458 e. The van der Waals surface area contributed by atoms with Gasteiger partial charge in [-0.15, -0.1) is 0 Å². The summed E-state index contributed by atoms with van der Waals surface area (Å²) >= 11 is 0. The molecule has 0 aliphatic heterocycles. The van der Waals surface area contributed by atoms with E-state index < -0.39 is 0 Å². The molecule has 0 radical (unpaired) electrons. The highest BCUT2D eigenvalue weighted by Crippen LogP contribution is 2.36. The van der Waals surface area contributed by atoms with E-state index >= 15 is 0 Å². The van der Waals surface area contributed by atoms with Gasteiger partial charge in [0, 0.05) is 37.5 Å². The van der Waals surface area contributed by atoms with E-state index in [1.54, 1.807) is 0 Å². The van der Waals surface area contributed by atoms with E-state index in [2.05, 4.69) is 34.1 Å². The van der Waals surface area contributed by atoms with E-state index in [9.17, 15) is 9.59 Å². The number of ether oxygens (including phenoxy) is 1. The molecule has 0 spiro atoms. The number of rotatable bonds is 4. The quantitative estimate of drug-likeness (QED) is 0.654. The van der Waals surface area contributed by atoms with Crippen LogP contribution in [0, 0.1) is 6.92 Å². The Hall–Kier alpha value is -2.56. The number of H-pyrrole nitrogens is 1. The number of esters is 1. The van der Waals surface area contributed by atoms with Gasteiger partial charge in [0.15, 0.2) is 5.78 Å². The van der Waals surface area contributed by atoms with Crippen LogP contribution in [0.4, 0.5) is 5.69 Å². The Labute approximate surface area is 185 Å². The van der Waals surface area contributed by atoms with Gasteiger partial charge in [-0.2, -0.15) is 0 Å². The van der Waals surface area contributed by atoms with Crippen LogP contribution in [0.3, 0.4) is 0 Å². The number of benzene rings is 1. The molecule has 2 aromatic rings. The Bertz CT molecular complexity index is 934. The second-order valence-corrected chi connectivity index (χ2v) is 9.37. The normalized spacial score (nSPS) is 20.0. The summed E-state index contributed by atoms with van der Waals surface area (Å²) in [5, 5.41) is 0. The molecular formula is C26H34N2O3. The summed E-state index contributed by atoms with van der Waals surface area (Å²) in [6.45, 7) is 1.87. The number of nitrogens with zero attached hydrogens (tertiary/aromatic N) is 1. The molecule has 0 amide bonds. The van der Waals surface area contributed by atoms with Crippen molar-refractivity contribution in [2.75, 3.05) is 19.0 Å². The van der Waals surface area contributed by atoms with Gasteiger partial charge in [0.25, 0.3) is 0 Å². The summed E-state index contributed by atoms with van der Waals surface area (Å²) < 4.78 is 5.87. The van der Waals surface area contributed by atoms with Gasteiger partial charge in [-0.05, 0) is 68.2 Å². The monoisotopic (exact) mass is 422 g/mol. The predicted octanol–water partition coefficient (Wildman–Crippen LogP) is 5.57. The number of aromatic nitrogens is 1. The van der Waals surface area contributed by atoms with Crippen molar-refractivity contribution < 1.29 is 14.3 Å². The van der Waals surface area contributed by atoms with E-state index in [0.29, 0.717) is 17.7 Å². The molecule has 1 saturated carbocycles. The molecule has 1 aromatic carbocycles. The third kappa shape index (κ3) is 4.70. The lowest BCUT2D eigenvalue weighted by atomic mass is 9.81. The molecule has 1 N–H and O–H groups in total. The highest BCUT2D eigenvalue weighted by atomic mass is 16.5. The Kier molecular flexibility index (Phi) is 6.49. The molecule has 2 aliphatic carbocycles. The van der Waals surface area contributed by atoms with E-state index in [0.717, 1.165) is 54.6 Å². The van der Waals surface area contributed by atoms with Crippen LogP contribution < -0.4 is 4.90 Å². The van der Waals surface area contributed by atoms with Gasteiger partial charge in [-0.1, -0.05) is 31.4 Å². The van der Waals surface area contributed by atoms with E-state index in [-0.39, 0.29) is 23.8 Å². The first kappa shape index (κ1) is 21.7. The van der Waals surface area contributed by atoms with Crippen molar-refractivity contribution in [2.24, 2.45) is 0 Å². The van der Waals surface area contributed by atoms with Gasteiger partial charge >= 0.3 is 5.97 Å². The fraction of sp³-hybridized carbons (Fsp3) is 0.538. The van der Waals surface area contributed by atoms with Crippen LogP contribution >= 0.6 is 0 Å². The number of carbonyl (C=O) groups excluding carboxylic acids is 2. The minimum absolute atomic E-state index is 0.00816. The van der Waals surface area contributed by atoms with Crippen LogP contribution in [0.15, 0.2) is 24.3 Å². The lowest BCUT2D eigenvalue weighted by Gasteiger charge is -2.23. The molecule has 5 heteroatoms. The number of hydrogen-bond acceptors (Lipinski definition) is 4. The van der Waals surface area contributed by atoms with Gasteiger partial charge in [0.05, 0.1) is 0 Å². The fourth-order valence-corrected chi connectivity index (χ4v) is 5.06. The molecule has 1 aromatic heterocycles. The highest BCUT2D eigenvalue weighted by Gasteiger charge is 2.32. The summed E-state index contributed by atoms with van der Waals surface area (Å²) in [4.78, 5) is 31.3. The molecule has 1 atom stereocenters. The Morgan fingerprint density at radius 1 is 1.00 bits per heavy atom. The van der Waals surface area contributed by atoms with Crippen LogP contribution in [0.1, 0.15) is 95.0 Å². The van der Waals surface area contributed by atoms with E-state index in [1.165, 1.54) is 19.3 Å². The Morgan fingerprint density at radius 2 is 1.65 bits per heavy atom. The number of nitrogens with one attached hydrogen (secondary N) is 1. The lowest BCUT2D eigenvalue weighted by molar-refractivity contribution is 0.0232. The molecule has 4 rings (SSSR count). The predicted molar refractivity (Wildman–Crippen MR) is 123 cm³/mol. The minimum atomic E-state index is -0.308. The summed E-state index contributed by atoms with van der Waals surface area (Å²) in [7, 11) is 4.04. The molecule has 0 unspecified atom stereocenters. The summed E-state index contributed by atoms with van der Waals surface area (Å²) in [6, 6.07) is 8.40. The van der Waals surface area contributed by atoms with E-state index in [4.69, 9.17) is 4.74 Å². The molecular weight excluding hydrogens is 388 g/mol. The first-order valence-corrected chi connectivity index (χ1v) is 11.7. The van der Waals surface area contributed by atoms with Crippen molar-refractivity contribution in [3.05, 3.63) is 52.3 Å². The van der Waals surface area contributed by atoms with Crippen molar-refractivity contribution in [1.29, 1.82) is 0 Å². The molecule has 1 heterocycles. The zero-order chi connectivity index (χ0) is 22.0. The number of fused-ring (bicyclic) bond motifs is 1. The standard InChI is InChI=1S/C26H34N2O3/c1-17-24-22(27-25(17)26(30)31-21-9-7-5-4-6-8-10-21)15-19(16-23(24)29)18-11-13-20(14-12-18)28(2)3/h11-14,19,21,27H,4-10,15-16H2,1-3H3/t19-/m0/s1. The van der Waals surface area contributed by atoms with Crippen molar-refractivity contribution >= 4 is 17.4 Å². The second-order valence-electron chi connectivity index (χ2n) is 9.37. The lowest BCUT2D eigenvalue weighted by Crippen LogP contribution is -2.20. The smallest absolute Gasteiger partial charge is 0.355 e. The molecule has 5 nitrogen and oxygen atoms in total. The average Bonchev–Trinajstić information content (AvgIpc) is 3.07. The number of carbonyl (C=O) groups is 2. The second kappa shape index (κ2) is 9.29. The largest absolute Gasteiger partial charge is 0.458 e. The number of aromatic amines is 1. The zero-order valence-corrected chi connectivity index (χ0v) is 19.0. The SMILES string of the molecule is Cc1c(C(=O)OC2CCCCCCC2)[nH]c2c1C(=O)C[C@@H](c1ccc(N(C)C)cc1)C2. The van der Waals surface area contributed by atoms with Crippen molar-refractivity contribution in [3.8, 4) is 0 Å². The fourth-order valence-electron chi connectivity index (χ4n) is 5.06. The summed E-state index contributed by atoms with van der Waals surface area (Å²) in [6.07, 6.45) is 9.03. The third-order valence-electron chi connectivity index (χ3n) is 6.90. The topological polar surface area (TPSA) is 62.4 Å². The third-order valence-corrected chi connectivity index (χ3v) is 6.90. The van der Waals surface area contributed by atoms with Crippen LogP contribution in [0.2, 0.25) is 0 Å². The van der Waals surface area contributed by atoms with Crippen LogP contribution in [-0.4, -0.2) is 36.9 Å². The van der Waals surface area contributed by atoms with Crippen molar-refractivity contribution in [2.45, 2.75) is 76.7 Å². The van der Waals surface area contributed by atoms with Crippen molar-refractivity contribution in [1.82, 2.24) is 4.98 Å². The number of anilines is 1. The maximum Gasteiger partial charge on any atom is 0.355 e. The number of ketones is 1. The van der Waals surface area contributed by atoms with Gasteiger partial charge in [0.1, 0.15) is 11.8 Å². The van der Waals surface area contributed by atoms with Gasteiger partial charge < -0.3 is 14.6 Å². The highest BCUT2D eigenvalue weighted by molar-refractivity contribution is 6.03. The first-order chi connectivity index (χ1) is 14.9. The molecule has 1 fully saturated rings. The van der Waals surface area contributed by atoms with Crippen LogP contribution in [0.5, 0.6) is 0 Å². The maximum absolute atomic E-state index is 13.0. The number of hydrogen-bond donors (Lipinski definition) is 1. The van der Waals surface area contributed by atoms with Crippen molar-refractivity contribution in [3.63, 3.8) is 0 Å². The van der Waals surface area contributed by atoms with Gasteiger partial charge in [0.2, 0.25) is 0 Å². The summed E-state index contributed by atoms with van der Waals surface area (Å²) in [5.74, 6) is -0.0670. The Balaban J connectivity index is 1.51. The number of Topliss-reactive ketones (excluding diaryl/α,β-unsaturated/α-hetero) is 1. The van der Waals surface area contributed by atoms with Gasteiger partial charge in [-0.3, -0.25) is 4.79 Å². The zero-order valence-electron chi connectivity index (χ0n) is 19.0. The first-order valence-electron chi connectivity index (χ1n) is 11.7. The average molecular weight is 423 g/mol. The van der Waals surface area contributed by atoms with Crippen LogP contribution in [-0.2, 0) is 11.2 Å². The molecule has 0 saturated heterocycles. The van der Waals surface area contributed by atoms with Gasteiger partial charge in [-0.25, -0.2) is 4.79 Å². The molecule has 166 valence electrons. The summed E-state index contributed by atoms with van der Waals surface area (Å²) in [5.41, 5.74) is 5.09. The van der Waals surface area contributed by atoms with Crippen LogP contribution in [0.25, 0.3) is 0 Å². The maximum atomic E-state index is 13.0. The van der Waals surface area contributed by atoms with E-state index in [1.807, 2.05) is 21.0 Å². The molecule has 31 heavy (non-hydrogen) atoms. The molecule has 0 bridgehead atoms. The Morgan fingerprint density at radius 3 is 2.29 bits per heavy atom. The molecule has 2 aliphatic rings.